The Kier molecular flexibility index (Phi) is 55.5. The number of hydrogen-bond acceptors (Lipinski definition) is 10. The molecule has 0 heterocycles. The van der Waals surface area contributed by atoms with Crippen LogP contribution in [-0.2, 0) is 42.2 Å². The minimum Gasteiger partial charge on any atom is -0.461 e. The molecule has 0 amide bonds. The molecule has 0 aliphatic carbocycles. The Morgan fingerprint density at radius 2 is 0.705 bits per heavy atom. The van der Waals surface area contributed by atoms with Gasteiger partial charge in [-0.05, 0) is 116 Å². The number of aliphatic hydroxyl groups is 1. The van der Waals surface area contributed by atoms with Gasteiger partial charge in [0.05, 0.1) is 26.2 Å². The topological polar surface area (TPSA) is 155 Å². The third kappa shape index (κ3) is 56.3. The summed E-state index contributed by atoms with van der Waals surface area (Å²) >= 11 is 0. The average Bonchev–Trinajstić information content (AvgIpc) is 3.43. The first-order valence-electron chi connectivity index (χ1n) is 30.1. The quantitative estimate of drug-likeness (QED) is 0.0197. The molecule has 0 saturated heterocycles. The van der Waals surface area contributed by atoms with Crippen LogP contribution in [0.5, 0.6) is 0 Å². The first-order valence-corrected chi connectivity index (χ1v) is 31.6. The van der Waals surface area contributed by atoms with Crippen LogP contribution >= 0.6 is 7.82 Å². The number of rotatable bonds is 54. The molecule has 78 heavy (non-hydrogen) atoms. The van der Waals surface area contributed by atoms with E-state index in [2.05, 4.69) is 136 Å². The van der Waals surface area contributed by atoms with Crippen molar-refractivity contribution < 1.29 is 52.2 Å². The summed E-state index contributed by atoms with van der Waals surface area (Å²) in [5, 5.41) is 9.84. The standard InChI is InChI=1S/C66H107O11P/c1-4-7-10-13-16-19-22-25-28-30-31-33-36-39-42-45-48-51-54-57-66(70)77-63(59-73-64(68)55-52-49-46-43-40-37-34-27-24-21-18-15-12-9-6-3)61-75-78(71,72)74-60-62(58-67)76-65(69)56-53-50-47-44-41-38-35-32-29-26-23-20-17-14-11-8-5-2/h7,9-10,12,16,18-19,21,25-29,31,33-34,39-40,42-43,49,52,62-63,67H,4-6,8,11,13-15,17,20,22-24,30,32,35-38,41,44-48,50-51,53-61H2,1-3H3,(H,71,72)/b10-7-,12-9-,19-16-,21-18-,28-25-,29-26-,33-31-,34-27-,42-39-,43-40-,52-49-. The second-order valence-corrected chi connectivity index (χ2v) is 20.9. The van der Waals surface area contributed by atoms with E-state index in [1.165, 1.54) is 57.8 Å². The molecule has 0 aromatic rings. The van der Waals surface area contributed by atoms with Gasteiger partial charge in [0.1, 0.15) is 12.7 Å². The van der Waals surface area contributed by atoms with Crippen molar-refractivity contribution in [2.45, 2.75) is 238 Å². The van der Waals surface area contributed by atoms with E-state index in [9.17, 15) is 28.9 Å². The number of aliphatic hydroxyl groups excluding tert-OH is 1. The predicted octanol–water partition coefficient (Wildman–Crippen LogP) is 18.1. The van der Waals surface area contributed by atoms with Crippen LogP contribution in [0.4, 0.5) is 0 Å². The SMILES string of the molecule is CC/C=C\C/C=C\C/C=C\C/C=C\C/C=C\CCCCCC(=O)OC(COC(=O)C/C=C\C/C=C\C/C=C\C/C=C\C/C=C\CC)COP(=O)(O)OCC(CO)OC(=O)CCCCCCCCC/C=C\CCCCCCCC. The van der Waals surface area contributed by atoms with E-state index in [1.807, 2.05) is 12.2 Å². The lowest BCUT2D eigenvalue weighted by Gasteiger charge is -2.21. The van der Waals surface area contributed by atoms with E-state index >= 15 is 0 Å². The molecule has 0 bridgehead atoms. The van der Waals surface area contributed by atoms with Crippen molar-refractivity contribution in [3.05, 3.63) is 134 Å². The summed E-state index contributed by atoms with van der Waals surface area (Å²) < 4.78 is 39.4. The first kappa shape index (κ1) is 73.6. The summed E-state index contributed by atoms with van der Waals surface area (Å²) in [6.07, 6.45) is 74.4. The second kappa shape index (κ2) is 58.8. The summed E-state index contributed by atoms with van der Waals surface area (Å²) in [6, 6.07) is 0. The van der Waals surface area contributed by atoms with Gasteiger partial charge in [0, 0.05) is 12.8 Å². The number of unbranched alkanes of at least 4 members (excludes halogenated alkanes) is 16. The van der Waals surface area contributed by atoms with Crippen LogP contribution in [0.25, 0.3) is 0 Å². The fourth-order valence-electron chi connectivity index (χ4n) is 7.57. The number of esters is 3. The summed E-state index contributed by atoms with van der Waals surface area (Å²) in [5.41, 5.74) is 0. The molecule has 0 saturated carbocycles. The Morgan fingerprint density at radius 3 is 1.12 bits per heavy atom. The summed E-state index contributed by atoms with van der Waals surface area (Å²) in [5.74, 6) is -1.67. The fraction of sp³-hybridized carbons (Fsp3) is 0.621. The molecule has 0 rings (SSSR count). The maximum Gasteiger partial charge on any atom is 0.472 e. The summed E-state index contributed by atoms with van der Waals surface area (Å²) in [6.45, 7) is 4.25. The lowest BCUT2D eigenvalue weighted by molar-refractivity contribution is -0.161. The van der Waals surface area contributed by atoms with E-state index < -0.39 is 64.4 Å². The number of carbonyl (C=O) groups excluding carboxylic acids is 3. The maximum absolute atomic E-state index is 12.9. The molecule has 12 heteroatoms. The van der Waals surface area contributed by atoms with Gasteiger partial charge in [0.15, 0.2) is 6.10 Å². The number of phosphoric ester groups is 1. The molecule has 11 nitrogen and oxygen atoms in total. The average molecular weight is 1110 g/mol. The minimum atomic E-state index is -4.79. The minimum absolute atomic E-state index is 0.0204. The van der Waals surface area contributed by atoms with Gasteiger partial charge in [-0.2, -0.15) is 0 Å². The zero-order chi connectivity index (χ0) is 56.9. The molecule has 0 radical (unpaired) electrons. The molecule has 0 fully saturated rings. The predicted molar refractivity (Wildman–Crippen MR) is 325 cm³/mol. The van der Waals surface area contributed by atoms with Crippen molar-refractivity contribution >= 4 is 25.7 Å². The lowest BCUT2D eigenvalue weighted by atomic mass is 10.1. The number of hydrogen-bond donors (Lipinski definition) is 2. The lowest BCUT2D eigenvalue weighted by Crippen LogP contribution is -2.30. The van der Waals surface area contributed by atoms with Crippen molar-refractivity contribution in [3.63, 3.8) is 0 Å². The Bertz CT molecular complexity index is 1820. The molecule has 3 atom stereocenters. The van der Waals surface area contributed by atoms with Crippen LogP contribution < -0.4 is 0 Å². The molecule has 0 aromatic heterocycles. The zero-order valence-electron chi connectivity index (χ0n) is 48.8. The van der Waals surface area contributed by atoms with Gasteiger partial charge in [-0.1, -0.05) is 225 Å². The van der Waals surface area contributed by atoms with Crippen molar-refractivity contribution in [3.8, 4) is 0 Å². The second-order valence-electron chi connectivity index (χ2n) is 19.4. The Balaban J connectivity index is 4.87. The van der Waals surface area contributed by atoms with Gasteiger partial charge in [-0.25, -0.2) is 4.57 Å². The zero-order valence-corrected chi connectivity index (χ0v) is 49.7. The highest BCUT2D eigenvalue weighted by Crippen LogP contribution is 2.43. The number of carbonyl (C=O) groups is 3. The number of allylic oxidation sites excluding steroid dienone is 21. The number of ether oxygens (including phenoxy) is 3. The molecule has 0 spiro atoms. The summed E-state index contributed by atoms with van der Waals surface area (Å²) in [4.78, 5) is 48.6. The third-order valence-corrected chi connectivity index (χ3v) is 13.0. The fourth-order valence-corrected chi connectivity index (χ4v) is 8.35. The number of phosphoric acid groups is 1. The van der Waals surface area contributed by atoms with Crippen LogP contribution in [0.3, 0.4) is 0 Å². The van der Waals surface area contributed by atoms with Gasteiger partial charge in [-0.15, -0.1) is 0 Å². The van der Waals surface area contributed by atoms with Crippen LogP contribution in [0.1, 0.15) is 226 Å². The smallest absolute Gasteiger partial charge is 0.461 e. The van der Waals surface area contributed by atoms with Crippen molar-refractivity contribution in [1.29, 1.82) is 0 Å². The highest BCUT2D eigenvalue weighted by molar-refractivity contribution is 7.47. The van der Waals surface area contributed by atoms with E-state index in [-0.39, 0.29) is 19.3 Å². The van der Waals surface area contributed by atoms with Crippen molar-refractivity contribution in [2.75, 3.05) is 26.4 Å². The van der Waals surface area contributed by atoms with Gasteiger partial charge >= 0.3 is 25.7 Å². The summed E-state index contributed by atoms with van der Waals surface area (Å²) in [7, 11) is -4.79. The Hall–Kier alpha value is -4.38. The monoisotopic (exact) mass is 1110 g/mol. The van der Waals surface area contributed by atoms with E-state index in [0.717, 1.165) is 109 Å². The van der Waals surface area contributed by atoms with Crippen LogP contribution in [0.2, 0.25) is 0 Å². The van der Waals surface area contributed by atoms with Gasteiger partial charge in [0.25, 0.3) is 0 Å². The van der Waals surface area contributed by atoms with Gasteiger partial charge in [-0.3, -0.25) is 23.4 Å². The first-order chi connectivity index (χ1) is 38.2. The van der Waals surface area contributed by atoms with Crippen molar-refractivity contribution in [2.24, 2.45) is 0 Å². The van der Waals surface area contributed by atoms with E-state index in [4.69, 9.17) is 23.3 Å². The third-order valence-electron chi connectivity index (χ3n) is 12.1. The van der Waals surface area contributed by atoms with Crippen LogP contribution in [-0.4, -0.2) is 66.5 Å². The van der Waals surface area contributed by atoms with Crippen molar-refractivity contribution in [1.82, 2.24) is 0 Å². The molecular formula is C66H107O11P. The van der Waals surface area contributed by atoms with Gasteiger partial charge in [0.2, 0.25) is 0 Å². The van der Waals surface area contributed by atoms with E-state index in [1.54, 1.807) is 6.08 Å². The molecule has 0 aliphatic rings. The normalized spacial score (nSPS) is 14.3. The molecule has 0 aromatic carbocycles. The molecule has 442 valence electrons. The molecule has 0 aliphatic heterocycles. The Labute approximate surface area is 474 Å². The molecule has 2 N–H and O–H groups in total. The highest BCUT2D eigenvalue weighted by atomic mass is 31.2. The highest BCUT2D eigenvalue weighted by Gasteiger charge is 2.28. The largest absolute Gasteiger partial charge is 0.472 e. The van der Waals surface area contributed by atoms with Crippen LogP contribution in [0.15, 0.2) is 134 Å². The molecule has 3 unspecified atom stereocenters. The van der Waals surface area contributed by atoms with Gasteiger partial charge < -0.3 is 24.2 Å². The maximum atomic E-state index is 12.9. The van der Waals surface area contributed by atoms with Crippen LogP contribution in [0, 0.1) is 0 Å². The van der Waals surface area contributed by atoms with E-state index in [0.29, 0.717) is 19.3 Å². The Morgan fingerprint density at radius 1 is 0.385 bits per heavy atom. The molecular weight excluding hydrogens is 1000 g/mol.